The van der Waals surface area contributed by atoms with Gasteiger partial charge in [0, 0.05) is 17.1 Å². The summed E-state index contributed by atoms with van der Waals surface area (Å²) in [6.07, 6.45) is 1.16. The molecule has 2 nitrogen and oxygen atoms in total. The third-order valence-electron chi connectivity index (χ3n) is 2.57. The standard InChI is InChI=1S/C13H20ClNO/c1-10(2)6-7-15(3)9-11-8-12(14)4-5-13(11)16/h4-5,8,10,16H,6-7,9H2,1-3H3. The summed E-state index contributed by atoms with van der Waals surface area (Å²) < 4.78 is 0. The molecule has 0 bridgehead atoms. The summed E-state index contributed by atoms with van der Waals surface area (Å²) in [6, 6.07) is 5.17. The summed E-state index contributed by atoms with van der Waals surface area (Å²) in [7, 11) is 2.06. The second kappa shape index (κ2) is 6.12. The fourth-order valence-corrected chi connectivity index (χ4v) is 1.72. The monoisotopic (exact) mass is 241 g/mol. The molecule has 0 amide bonds. The first kappa shape index (κ1) is 13.3. The second-order valence-corrected chi connectivity index (χ2v) is 5.13. The van der Waals surface area contributed by atoms with Crippen LogP contribution in [0.2, 0.25) is 5.02 Å². The molecule has 0 aromatic heterocycles. The van der Waals surface area contributed by atoms with E-state index in [1.54, 1.807) is 12.1 Å². The van der Waals surface area contributed by atoms with E-state index in [1.165, 1.54) is 0 Å². The Bertz CT molecular complexity index is 339. The van der Waals surface area contributed by atoms with Gasteiger partial charge in [0.15, 0.2) is 0 Å². The number of aromatic hydroxyl groups is 1. The molecule has 0 aliphatic heterocycles. The second-order valence-electron chi connectivity index (χ2n) is 4.69. The number of nitrogens with zero attached hydrogens (tertiary/aromatic N) is 1. The molecule has 0 unspecified atom stereocenters. The fraction of sp³-hybridized carbons (Fsp3) is 0.538. The van der Waals surface area contributed by atoms with Crippen molar-refractivity contribution in [2.45, 2.75) is 26.8 Å². The Morgan fingerprint density at radius 1 is 1.38 bits per heavy atom. The maximum atomic E-state index is 9.68. The third-order valence-corrected chi connectivity index (χ3v) is 2.81. The summed E-state index contributed by atoms with van der Waals surface area (Å²) in [6.45, 7) is 6.19. The van der Waals surface area contributed by atoms with Crippen molar-refractivity contribution < 1.29 is 5.11 Å². The van der Waals surface area contributed by atoms with Crippen LogP contribution in [-0.4, -0.2) is 23.6 Å². The molecule has 90 valence electrons. The molecule has 1 aromatic rings. The molecule has 0 aliphatic carbocycles. The summed E-state index contributed by atoms with van der Waals surface area (Å²) in [4.78, 5) is 2.20. The van der Waals surface area contributed by atoms with Crippen LogP contribution >= 0.6 is 11.6 Å². The van der Waals surface area contributed by atoms with Crippen LogP contribution in [0.15, 0.2) is 18.2 Å². The minimum atomic E-state index is 0.320. The predicted molar refractivity (Wildman–Crippen MR) is 68.9 cm³/mol. The van der Waals surface area contributed by atoms with E-state index in [4.69, 9.17) is 11.6 Å². The van der Waals surface area contributed by atoms with Crippen molar-refractivity contribution in [1.82, 2.24) is 4.90 Å². The topological polar surface area (TPSA) is 23.5 Å². The molecule has 0 saturated heterocycles. The first-order valence-electron chi connectivity index (χ1n) is 5.65. The van der Waals surface area contributed by atoms with Crippen LogP contribution in [-0.2, 0) is 6.54 Å². The van der Waals surface area contributed by atoms with E-state index in [1.807, 2.05) is 6.07 Å². The van der Waals surface area contributed by atoms with Crippen molar-refractivity contribution in [3.05, 3.63) is 28.8 Å². The van der Waals surface area contributed by atoms with Crippen LogP contribution in [0.1, 0.15) is 25.8 Å². The van der Waals surface area contributed by atoms with Crippen molar-refractivity contribution in [1.29, 1.82) is 0 Å². The van der Waals surface area contributed by atoms with E-state index in [-0.39, 0.29) is 0 Å². The van der Waals surface area contributed by atoms with E-state index in [0.29, 0.717) is 16.7 Å². The molecule has 0 fully saturated rings. The van der Waals surface area contributed by atoms with Crippen molar-refractivity contribution in [2.75, 3.05) is 13.6 Å². The lowest BCUT2D eigenvalue weighted by molar-refractivity contribution is 0.298. The average molecular weight is 242 g/mol. The van der Waals surface area contributed by atoms with E-state index in [0.717, 1.165) is 25.1 Å². The highest BCUT2D eigenvalue weighted by Crippen LogP contribution is 2.22. The van der Waals surface area contributed by atoms with Crippen LogP contribution in [0.4, 0.5) is 0 Å². The molecule has 0 saturated carbocycles. The van der Waals surface area contributed by atoms with Crippen molar-refractivity contribution >= 4 is 11.6 Å². The summed E-state index contributed by atoms with van der Waals surface area (Å²) >= 11 is 5.90. The van der Waals surface area contributed by atoms with Gasteiger partial charge in [0.1, 0.15) is 5.75 Å². The number of hydrogen-bond donors (Lipinski definition) is 1. The zero-order chi connectivity index (χ0) is 12.1. The summed E-state index contributed by atoms with van der Waals surface area (Å²) in [5.41, 5.74) is 0.888. The highest BCUT2D eigenvalue weighted by Gasteiger charge is 2.06. The van der Waals surface area contributed by atoms with Crippen LogP contribution in [0.25, 0.3) is 0 Å². The third kappa shape index (κ3) is 4.42. The predicted octanol–water partition coefficient (Wildman–Crippen LogP) is 3.52. The van der Waals surface area contributed by atoms with Gasteiger partial charge in [-0.3, -0.25) is 0 Å². The molecule has 1 N–H and O–H groups in total. The number of phenols is 1. The zero-order valence-corrected chi connectivity index (χ0v) is 11.0. The molecule has 1 aromatic carbocycles. The maximum absolute atomic E-state index is 9.68. The van der Waals surface area contributed by atoms with Gasteiger partial charge >= 0.3 is 0 Å². The first-order chi connectivity index (χ1) is 7.49. The molecule has 3 heteroatoms. The Balaban J connectivity index is 2.55. The van der Waals surface area contributed by atoms with Crippen LogP contribution in [0.5, 0.6) is 5.75 Å². The number of hydrogen-bond acceptors (Lipinski definition) is 2. The lowest BCUT2D eigenvalue weighted by Gasteiger charge is -2.18. The SMILES string of the molecule is CC(C)CCN(C)Cc1cc(Cl)ccc1O. The van der Waals surface area contributed by atoms with Gasteiger partial charge in [-0.2, -0.15) is 0 Å². The Morgan fingerprint density at radius 2 is 2.06 bits per heavy atom. The Labute approximate surface area is 103 Å². The Morgan fingerprint density at radius 3 is 2.69 bits per heavy atom. The van der Waals surface area contributed by atoms with Gasteiger partial charge in [-0.1, -0.05) is 25.4 Å². The molecular weight excluding hydrogens is 222 g/mol. The Kier molecular flexibility index (Phi) is 5.10. The van der Waals surface area contributed by atoms with Gasteiger partial charge in [0.05, 0.1) is 0 Å². The number of rotatable bonds is 5. The van der Waals surface area contributed by atoms with Gasteiger partial charge in [-0.05, 0) is 44.1 Å². The van der Waals surface area contributed by atoms with Crippen molar-refractivity contribution in [2.24, 2.45) is 5.92 Å². The molecular formula is C13H20ClNO. The van der Waals surface area contributed by atoms with Gasteiger partial charge in [-0.25, -0.2) is 0 Å². The highest BCUT2D eigenvalue weighted by molar-refractivity contribution is 6.30. The molecule has 16 heavy (non-hydrogen) atoms. The number of phenolic OH excluding ortho intramolecular Hbond substituents is 1. The molecule has 1 rings (SSSR count). The van der Waals surface area contributed by atoms with E-state index >= 15 is 0 Å². The average Bonchev–Trinajstić information content (AvgIpc) is 2.20. The Hall–Kier alpha value is -0.730. The number of halogens is 1. The van der Waals surface area contributed by atoms with Gasteiger partial charge < -0.3 is 10.0 Å². The highest BCUT2D eigenvalue weighted by atomic mass is 35.5. The van der Waals surface area contributed by atoms with E-state index in [9.17, 15) is 5.11 Å². The van der Waals surface area contributed by atoms with Crippen LogP contribution in [0, 0.1) is 5.92 Å². The molecule has 0 atom stereocenters. The summed E-state index contributed by atoms with van der Waals surface area (Å²) in [5.74, 6) is 1.02. The molecule has 0 radical (unpaired) electrons. The van der Waals surface area contributed by atoms with Crippen LogP contribution in [0.3, 0.4) is 0 Å². The molecule has 0 aliphatic rings. The lowest BCUT2D eigenvalue weighted by Crippen LogP contribution is -2.20. The summed E-state index contributed by atoms with van der Waals surface area (Å²) in [5, 5.41) is 10.3. The quantitative estimate of drug-likeness (QED) is 0.853. The normalized spacial score (nSPS) is 11.4. The van der Waals surface area contributed by atoms with E-state index < -0.39 is 0 Å². The minimum absolute atomic E-state index is 0.320. The minimum Gasteiger partial charge on any atom is -0.508 e. The first-order valence-corrected chi connectivity index (χ1v) is 6.02. The fourth-order valence-electron chi connectivity index (χ4n) is 1.53. The zero-order valence-electron chi connectivity index (χ0n) is 10.2. The van der Waals surface area contributed by atoms with Crippen molar-refractivity contribution in [3.8, 4) is 5.75 Å². The van der Waals surface area contributed by atoms with E-state index in [2.05, 4.69) is 25.8 Å². The van der Waals surface area contributed by atoms with Gasteiger partial charge in [-0.15, -0.1) is 0 Å². The van der Waals surface area contributed by atoms with Crippen LogP contribution < -0.4 is 0 Å². The number of benzene rings is 1. The van der Waals surface area contributed by atoms with Gasteiger partial charge in [0.2, 0.25) is 0 Å². The molecule has 0 heterocycles. The lowest BCUT2D eigenvalue weighted by atomic mass is 10.1. The van der Waals surface area contributed by atoms with Gasteiger partial charge in [0.25, 0.3) is 0 Å². The largest absolute Gasteiger partial charge is 0.508 e. The van der Waals surface area contributed by atoms with Crippen molar-refractivity contribution in [3.63, 3.8) is 0 Å². The molecule has 0 spiro atoms. The maximum Gasteiger partial charge on any atom is 0.120 e. The smallest absolute Gasteiger partial charge is 0.120 e.